The molecule has 1 atom stereocenters. The number of rotatable bonds is 12. The number of nitrogens with zero attached hydrogens (tertiary/aromatic N) is 4. The van der Waals surface area contributed by atoms with Crippen LogP contribution < -0.4 is 0 Å². The first kappa shape index (κ1) is 22.4. The highest BCUT2D eigenvalue weighted by atomic mass is 16.5. The Morgan fingerprint density at radius 2 is 1.74 bits per heavy atom. The Balaban J connectivity index is 1.54. The second-order valence-corrected chi connectivity index (χ2v) is 7.55. The molecule has 0 aliphatic rings. The van der Waals surface area contributed by atoms with Gasteiger partial charge in [-0.1, -0.05) is 82.0 Å². The molecule has 6 nitrogen and oxygen atoms in total. The van der Waals surface area contributed by atoms with E-state index in [-0.39, 0.29) is 12.1 Å². The number of carbonyl (C=O) groups excluding carboxylic acids is 1. The van der Waals surface area contributed by atoms with Gasteiger partial charge in [-0.05, 0) is 42.3 Å². The smallest absolute Gasteiger partial charge is 0.338 e. The number of hydrogen-bond donors (Lipinski definition) is 0. The standard InChI is InChI=1S/C25H30N4O2/c1-3-5-6-7-8-12-15-23(4-2)31-25(30)21-18-16-20(17-19-21)24-26-28-29(27-24)22-13-10-9-11-14-22/h4,9-11,13-14,16-19,23H,2-3,5-8,12,15H2,1H3. The predicted molar refractivity (Wildman–Crippen MR) is 122 cm³/mol. The molecule has 3 rings (SSSR count). The maximum Gasteiger partial charge on any atom is 0.338 e. The van der Waals surface area contributed by atoms with E-state index in [1.54, 1.807) is 30.3 Å². The van der Waals surface area contributed by atoms with Crippen molar-refractivity contribution >= 4 is 5.97 Å². The number of ether oxygens (including phenoxy) is 1. The lowest BCUT2D eigenvalue weighted by molar-refractivity contribution is 0.0376. The van der Waals surface area contributed by atoms with Crippen LogP contribution in [0.15, 0.2) is 67.3 Å². The van der Waals surface area contributed by atoms with Crippen molar-refractivity contribution < 1.29 is 9.53 Å². The maximum atomic E-state index is 12.5. The van der Waals surface area contributed by atoms with E-state index in [9.17, 15) is 4.79 Å². The normalized spacial score (nSPS) is 11.8. The monoisotopic (exact) mass is 418 g/mol. The van der Waals surface area contributed by atoms with Crippen molar-refractivity contribution in [3.63, 3.8) is 0 Å². The number of aromatic nitrogens is 4. The van der Waals surface area contributed by atoms with Gasteiger partial charge < -0.3 is 4.74 Å². The summed E-state index contributed by atoms with van der Waals surface area (Å²) in [6, 6.07) is 16.7. The van der Waals surface area contributed by atoms with Gasteiger partial charge in [-0.15, -0.1) is 15.0 Å². The molecule has 3 aromatic rings. The van der Waals surface area contributed by atoms with Crippen LogP contribution >= 0.6 is 0 Å². The molecule has 1 unspecified atom stereocenters. The lowest BCUT2D eigenvalue weighted by atomic mass is 10.1. The summed E-state index contributed by atoms with van der Waals surface area (Å²) in [5.74, 6) is 0.152. The fraction of sp³-hybridized carbons (Fsp3) is 0.360. The molecule has 31 heavy (non-hydrogen) atoms. The maximum absolute atomic E-state index is 12.5. The van der Waals surface area contributed by atoms with Gasteiger partial charge in [-0.3, -0.25) is 0 Å². The van der Waals surface area contributed by atoms with E-state index in [0.717, 1.165) is 30.5 Å². The third-order valence-electron chi connectivity index (χ3n) is 5.14. The fourth-order valence-corrected chi connectivity index (χ4v) is 3.31. The zero-order chi connectivity index (χ0) is 21.9. The summed E-state index contributed by atoms with van der Waals surface area (Å²) in [6.07, 6.45) is 9.50. The van der Waals surface area contributed by atoms with Crippen LogP contribution in [0.1, 0.15) is 62.2 Å². The Labute approximate surface area is 183 Å². The number of para-hydroxylation sites is 1. The van der Waals surface area contributed by atoms with Crippen molar-refractivity contribution in [2.75, 3.05) is 0 Å². The summed E-state index contributed by atoms with van der Waals surface area (Å²) in [5, 5.41) is 12.6. The Morgan fingerprint density at radius 3 is 2.45 bits per heavy atom. The fourth-order valence-electron chi connectivity index (χ4n) is 3.31. The average Bonchev–Trinajstić information content (AvgIpc) is 3.31. The first-order valence-corrected chi connectivity index (χ1v) is 11.0. The third kappa shape index (κ3) is 6.60. The molecule has 1 heterocycles. The Kier molecular flexibility index (Phi) is 8.52. The van der Waals surface area contributed by atoms with Gasteiger partial charge >= 0.3 is 5.97 Å². The summed E-state index contributed by atoms with van der Waals surface area (Å²) in [4.78, 5) is 14.0. The highest BCUT2D eigenvalue weighted by Crippen LogP contribution is 2.18. The molecule has 0 fully saturated rings. The van der Waals surface area contributed by atoms with Crippen LogP contribution in [0.25, 0.3) is 17.1 Å². The first-order valence-electron chi connectivity index (χ1n) is 11.0. The summed E-state index contributed by atoms with van der Waals surface area (Å²) in [7, 11) is 0. The molecular formula is C25H30N4O2. The predicted octanol–water partition coefficient (Wildman–Crippen LogP) is 5.79. The molecule has 162 valence electrons. The number of hydrogen-bond acceptors (Lipinski definition) is 5. The molecule has 0 N–H and O–H groups in total. The van der Waals surface area contributed by atoms with Crippen molar-refractivity contribution in [2.45, 2.75) is 58.0 Å². The molecule has 2 aromatic carbocycles. The van der Waals surface area contributed by atoms with E-state index in [1.165, 1.54) is 30.5 Å². The lowest BCUT2D eigenvalue weighted by Crippen LogP contribution is -2.16. The Morgan fingerprint density at radius 1 is 1.03 bits per heavy atom. The summed E-state index contributed by atoms with van der Waals surface area (Å²) < 4.78 is 5.62. The molecule has 0 spiro atoms. The highest BCUT2D eigenvalue weighted by molar-refractivity contribution is 5.90. The molecule has 0 saturated heterocycles. The third-order valence-corrected chi connectivity index (χ3v) is 5.14. The van der Waals surface area contributed by atoms with E-state index >= 15 is 0 Å². The number of carbonyl (C=O) groups is 1. The summed E-state index contributed by atoms with van der Waals surface area (Å²) in [6.45, 7) is 6.03. The number of benzene rings is 2. The molecule has 0 bridgehead atoms. The van der Waals surface area contributed by atoms with Gasteiger partial charge in [0.05, 0.1) is 11.3 Å². The van der Waals surface area contributed by atoms with Crippen LogP contribution in [0, 0.1) is 0 Å². The van der Waals surface area contributed by atoms with Crippen molar-refractivity contribution in [3.8, 4) is 17.1 Å². The zero-order valence-electron chi connectivity index (χ0n) is 18.1. The number of tetrazole rings is 1. The number of esters is 1. The minimum atomic E-state index is -0.344. The molecule has 0 saturated carbocycles. The SMILES string of the molecule is C=CC(CCCCCCCC)OC(=O)c1ccc(-c2nnn(-c3ccccc3)n2)cc1. The molecular weight excluding hydrogens is 388 g/mol. The Bertz CT molecular complexity index is 951. The van der Waals surface area contributed by atoms with Crippen molar-refractivity contribution in [1.82, 2.24) is 20.2 Å². The van der Waals surface area contributed by atoms with Gasteiger partial charge in [0.2, 0.25) is 5.82 Å². The zero-order valence-corrected chi connectivity index (χ0v) is 18.1. The van der Waals surface area contributed by atoms with Gasteiger partial charge in [-0.2, -0.15) is 0 Å². The van der Waals surface area contributed by atoms with Gasteiger partial charge in [-0.25, -0.2) is 4.79 Å². The van der Waals surface area contributed by atoms with Gasteiger partial charge in [0.1, 0.15) is 6.10 Å². The van der Waals surface area contributed by atoms with Crippen molar-refractivity contribution in [3.05, 3.63) is 72.8 Å². The number of unbranched alkanes of at least 4 members (excludes halogenated alkanes) is 5. The summed E-state index contributed by atoms with van der Waals surface area (Å²) in [5.41, 5.74) is 2.11. The highest BCUT2D eigenvalue weighted by Gasteiger charge is 2.14. The molecule has 1 aromatic heterocycles. The lowest BCUT2D eigenvalue weighted by Gasteiger charge is -2.14. The minimum Gasteiger partial charge on any atom is -0.455 e. The molecule has 6 heteroatoms. The van der Waals surface area contributed by atoms with Gasteiger partial charge in [0.25, 0.3) is 0 Å². The van der Waals surface area contributed by atoms with Gasteiger partial charge in [0.15, 0.2) is 0 Å². The van der Waals surface area contributed by atoms with E-state index in [1.807, 2.05) is 30.3 Å². The molecule has 0 radical (unpaired) electrons. The van der Waals surface area contributed by atoms with Crippen LogP contribution in [-0.4, -0.2) is 32.3 Å². The molecule has 0 amide bonds. The van der Waals surface area contributed by atoms with Crippen LogP contribution in [0.5, 0.6) is 0 Å². The van der Waals surface area contributed by atoms with E-state index in [4.69, 9.17) is 4.74 Å². The van der Waals surface area contributed by atoms with Crippen LogP contribution in [0.3, 0.4) is 0 Å². The van der Waals surface area contributed by atoms with Crippen LogP contribution in [0.2, 0.25) is 0 Å². The van der Waals surface area contributed by atoms with Crippen LogP contribution in [0.4, 0.5) is 0 Å². The second kappa shape index (κ2) is 11.8. The van der Waals surface area contributed by atoms with Gasteiger partial charge in [0, 0.05) is 5.56 Å². The van der Waals surface area contributed by atoms with E-state index in [2.05, 4.69) is 28.9 Å². The largest absolute Gasteiger partial charge is 0.455 e. The first-order chi connectivity index (χ1) is 15.2. The van der Waals surface area contributed by atoms with Crippen LogP contribution in [-0.2, 0) is 4.74 Å². The quantitative estimate of drug-likeness (QED) is 0.211. The molecule has 0 aliphatic carbocycles. The molecule has 0 aliphatic heterocycles. The van der Waals surface area contributed by atoms with E-state index < -0.39 is 0 Å². The van der Waals surface area contributed by atoms with Crippen molar-refractivity contribution in [2.24, 2.45) is 0 Å². The van der Waals surface area contributed by atoms with Crippen molar-refractivity contribution in [1.29, 1.82) is 0 Å². The Hall–Kier alpha value is -3.28. The summed E-state index contributed by atoms with van der Waals surface area (Å²) >= 11 is 0. The minimum absolute atomic E-state index is 0.259. The van der Waals surface area contributed by atoms with E-state index in [0.29, 0.717) is 11.4 Å². The topological polar surface area (TPSA) is 69.9 Å². The average molecular weight is 419 g/mol. The second-order valence-electron chi connectivity index (χ2n) is 7.55.